The number of rotatable bonds is 3. The van der Waals surface area contributed by atoms with Gasteiger partial charge in [0.1, 0.15) is 6.07 Å². The molecule has 0 amide bonds. The van der Waals surface area contributed by atoms with E-state index in [-0.39, 0.29) is 0 Å². The summed E-state index contributed by atoms with van der Waals surface area (Å²) in [5.41, 5.74) is 9.34. The van der Waals surface area contributed by atoms with Gasteiger partial charge < -0.3 is 9.13 Å². The van der Waals surface area contributed by atoms with Gasteiger partial charge in [-0.25, -0.2) is 0 Å². The maximum atomic E-state index is 10.4. The Kier molecular flexibility index (Phi) is 5.22. The van der Waals surface area contributed by atoms with E-state index in [1.165, 1.54) is 10.8 Å². The molecule has 0 unspecified atom stereocenters. The number of hydrogen-bond donors (Lipinski definition) is 0. The van der Waals surface area contributed by atoms with Crippen molar-refractivity contribution in [1.82, 2.24) is 9.13 Å². The molecule has 8 aromatic rings. The van der Waals surface area contributed by atoms with Gasteiger partial charge in [0.2, 0.25) is 0 Å². The van der Waals surface area contributed by atoms with Gasteiger partial charge in [0.05, 0.1) is 50.6 Å². The van der Waals surface area contributed by atoms with E-state index in [9.17, 15) is 10.5 Å². The van der Waals surface area contributed by atoms with Crippen molar-refractivity contribution in [2.75, 3.05) is 0 Å². The fraction of sp³-hybridized carbons (Fsp3) is 0. The predicted octanol–water partition coefficient (Wildman–Crippen LogP) is 9.29. The van der Waals surface area contributed by atoms with Gasteiger partial charge in [-0.15, -0.1) is 0 Å². The average Bonchev–Trinajstić information content (AvgIpc) is 3.57. The summed E-state index contributed by atoms with van der Waals surface area (Å²) in [5.74, 6) is 0. The van der Waals surface area contributed by atoms with Crippen molar-refractivity contribution in [3.63, 3.8) is 0 Å². The lowest BCUT2D eigenvalue weighted by molar-refractivity contribution is 1.16. The molecule has 0 aliphatic rings. The molecular formula is C38H22N4. The molecule has 42 heavy (non-hydrogen) atoms. The lowest BCUT2D eigenvalue weighted by atomic mass is 10.00. The second-order valence-electron chi connectivity index (χ2n) is 10.4. The summed E-state index contributed by atoms with van der Waals surface area (Å²) in [6, 6.07) is 50.1. The first-order chi connectivity index (χ1) is 20.8. The van der Waals surface area contributed by atoms with Gasteiger partial charge in [-0.1, -0.05) is 78.9 Å². The van der Waals surface area contributed by atoms with Crippen LogP contribution in [0, 0.1) is 22.7 Å². The summed E-state index contributed by atoms with van der Waals surface area (Å²) >= 11 is 0. The van der Waals surface area contributed by atoms with E-state index >= 15 is 0 Å². The van der Waals surface area contributed by atoms with Gasteiger partial charge in [-0.05, 0) is 60.2 Å². The van der Waals surface area contributed by atoms with Gasteiger partial charge in [0.25, 0.3) is 0 Å². The zero-order valence-corrected chi connectivity index (χ0v) is 22.5. The fourth-order valence-corrected chi connectivity index (χ4v) is 6.38. The van der Waals surface area contributed by atoms with Gasteiger partial charge >= 0.3 is 0 Å². The Morgan fingerprint density at radius 2 is 0.976 bits per heavy atom. The summed E-state index contributed by atoms with van der Waals surface area (Å²) in [5, 5.41) is 24.4. The van der Waals surface area contributed by atoms with Crippen molar-refractivity contribution in [3.05, 3.63) is 145 Å². The van der Waals surface area contributed by atoms with Gasteiger partial charge in [-0.3, -0.25) is 0 Å². The second-order valence-corrected chi connectivity index (χ2v) is 10.4. The zero-order chi connectivity index (χ0) is 28.2. The van der Waals surface area contributed by atoms with Crippen LogP contribution in [0.1, 0.15) is 11.1 Å². The first-order valence-electron chi connectivity index (χ1n) is 13.8. The van der Waals surface area contributed by atoms with Crippen LogP contribution in [0.4, 0.5) is 0 Å². The molecule has 0 fully saturated rings. The molecule has 0 spiro atoms. The van der Waals surface area contributed by atoms with E-state index < -0.39 is 0 Å². The molecule has 0 saturated carbocycles. The van der Waals surface area contributed by atoms with E-state index in [4.69, 9.17) is 0 Å². The molecular weight excluding hydrogens is 512 g/mol. The molecule has 0 radical (unpaired) electrons. The highest BCUT2D eigenvalue weighted by Gasteiger charge is 2.18. The molecule has 4 heteroatoms. The second kappa shape index (κ2) is 9.24. The third-order valence-corrected chi connectivity index (χ3v) is 8.20. The Hall–Kier alpha value is -6.10. The summed E-state index contributed by atoms with van der Waals surface area (Å²) in [4.78, 5) is 0. The highest BCUT2D eigenvalue weighted by atomic mass is 15.0. The number of benzene rings is 6. The normalized spacial score (nSPS) is 11.3. The van der Waals surface area contributed by atoms with Crippen LogP contribution < -0.4 is 0 Å². The molecule has 4 nitrogen and oxygen atoms in total. The summed E-state index contributed by atoms with van der Waals surface area (Å²) < 4.78 is 4.45. The van der Waals surface area contributed by atoms with Gasteiger partial charge in [-0.2, -0.15) is 10.5 Å². The largest absolute Gasteiger partial charge is 0.309 e. The Balaban J connectivity index is 1.36. The molecule has 0 aliphatic carbocycles. The van der Waals surface area contributed by atoms with E-state index in [0.29, 0.717) is 11.1 Å². The molecule has 6 aromatic carbocycles. The number of nitrogens with zero attached hydrogens (tertiary/aromatic N) is 4. The van der Waals surface area contributed by atoms with Crippen LogP contribution in [0.2, 0.25) is 0 Å². The standard InChI is InChI=1S/C38H22N4/c39-23-25-17-19-38-32(21-25)31-12-4-8-16-37(31)41(38)33-20-18-26(22-27(33)24-40)28-9-1-5-13-34(28)42-35-14-6-2-10-29(35)30-11-3-7-15-36(30)42/h1-22H. The Morgan fingerprint density at radius 3 is 1.62 bits per heavy atom. The topological polar surface area (TPSA) is 57.4 Å². The van der Waals surface area contributed by atoms with Crippen LogP contribution in [0.5, 0.6) is 0 Å². The molecule has 0 bridgehead atoms. The SMILES string of the molecule is N#Cc1ccc2c(c1)c1ccccc1n2-c1ccc(-c2ccccc2-n2c3ccccc3c3ccccc32)cc1C#N. The highest BCUT2D eigenvalue weighted by Crippen LogP contribution is 2.38. The number of nitriles is 2. The number of para-hydroxylation sites is 4. The Bertz CT molecular complexity index is 2390. The highest BCUT2D eigenvalue weighted by molar-refractivity contribution is 6.11. The summed E-state index contributed by atoms with van der Waals surface area (Å²) in [6.45, 7) is 0. The molecule has 0 N–H and O–H groups in total. The van der Waals surface area contributed by atoms with Crippen LogP contribution in [0.25, 0.3) is 66.1 Å². The lowest BCUT2D eigenvalue weighted by Gasteiger charge is -2.16. The molecule has 0 atom stereocenters. The smallest absolute Gasteiger partial charge is 0.101 e. The van der Waals surface area contributed by atoms with Crippen molar-refractivity contribution >= 4 is 43.6 Å². The van der Waals surface area contributed by atoms with Crippen LogP contribution in [-0.2, 0) is 0 Å². The Morgan fingerprint density at radius 1 is 0.429 bits per heavy atom. The van der Waals surface area contributed by atoms with Crippen molar-refractivity contribution < 1.29 is 0 Å². The van der Waals surface area contributed by atoms with Crippen molar-refractivity contribution in [2.24, 2.45) is 0 Å². The van der Waals surface area contributed by atoms with Crippen LogP contribution in [0.3, 0.4) is 0 Å². The minimum Gasteiger partial charge on any atom is -0.309 e. The minimum atomic E-state index is 0.580. The summed E-state index contributed by atoms with van der Waals surface area (Å²) in [6.07, 6.45) is 0. The maximum Gasteiger partial charge on any atom is 0.101 e. The number of aromatic nitrogens is 2. The summed E-state index contributed by atoms with van der Waals surface area (Å²) in [7, 11) is 0. The number of hydrogen-bond acceptors (Lipinski definition) is 2. The van der Waals surface area contributed by atoms with Crippen molar-refractivity contribution in [3.8, 4) is 34.6 Å². The van der Waals surface area contributed by atoms with E-state index in [2.05, 4.69) is 106 Å². The van der Waals surface area contributed by atoms with E-state index in [1.54, 1.807) is 0 Å². The molecule has 2 heterocycles. The minimum absolute atomic E-state index is 0.580. The fourth-order valence-electron chi connectivity index (χ4n) is 6.38. The molecule has 0 saturated heterocycles. The van der Waals surface area contributed by atoms with Gasteiger partial charge in [0.15, 0.2) is 0 Å². The molecule has 194 valence electrons. The first-order valence-corrected chi connectivity index (χ1v) is 13.8. The molecule has 0 aliphatic heterocycles. The van der Waals surface area contributed by atoms with E-state index in [1.807, 2.05) is 48.5 Å². The molecule has 2 aromatic heterocycles. The zero-order valence-electron chi connectivity index (χ0n) is 22.5. The monoisotopic (exact) mass is 534 g/mol. The van der Waals surface area contributed by atoms with Crippen molar-refractivity contribution in [1.29, 1.82) is 10.5 Å². The maximum absolute atomic E-state index is 10.4. The van der Waals surface area contributed by atoms with Crippen LogP contribution in [0.15, 0.2) is 133 Å². The van der Waals surface area contributed by atoms with Crippen LogP contribution in [-0.4, -0.2) is 9.13 Å². The predicted molar refractivity (Wildman–Crippen MR) is 170 cm³/mol. The average molecular weight is 535 g/mol. The van der Waals surface area contributed by atoms with Gasteiger partial charge in [0, 0.05) is 27.1 Å². The quantitative estimate of drug-likeness (QED) is 0.227. The van der Waals surface area contributed by atoms with E-state index in [0.717, 1.165) is 55.3 Å². The number of fused-ring (bicyclic) bond motifs is 6. The third kappa shape index (κ3) is 3.40. The molecule has 8 rings (SSSR count). The first kappa shape index (κ1) is 23.8. The lowest BCUT2D eigenvalue weighted by Crippen LogP contribution is -2.00. The third-order valence-electron chi connectivity index (χ3n) is 8.20. The van der Waals surface area contributed by atoms with Crippen LogP contribution >= 0.6 is 0 Å². The van der Waals surface area contributed by atoms with Crippen molar-refractivity contribution in [2.45, 2.75) is 0 Å². The Labute approximate surface area is 242 Å².